The second kappa shape index (κ2) is 10.7. The highest BCUT2D eigenvalue weighted by atomic mass is 16.5. The number of carbonyl (C=O) groups excluding carboxylic acids is 1. The van der Waals surface area contributed by atoms with E-state index in [2.05, 4.69) is 25.0 Å². The third-order valence-electron chi connectivity index (χ3n) is 5.80. The topological polar surface area (TPSA) is 129 Å². The quantitative estimate of drug-likeness (QED) is 0.342. The monoisotopic (exact) mass is 493 g/mol. The highest BCUT2D eigenvalue weighted by molar-refractivity contribution is 5.88. The van der Waals surface area contributed by atoms with Crippen molar-refractivity contribution in [3.63, 3.8) is 0 Å². The second-order valence-corrected chi connectivity index (χ2v) is 8.28. The lowest BCUT2D eigenvalue weighted by molar-refractivity contribution is 0.0322. The molecule has 188 valence electrons. The molecule has 1 aliphatic rings. The summed E-state index contributed by atoms with van der Waals surface area (Å²) in [6.45, 7) is 7.24. The van der Waals surface area contributed by atoms with Gasteiger partial charge in [0.2, 0.25) is 5.95 Å². The Kier molecular flexibility index (Phi) is 7.05. The number of benzene rings is 1. The zero-order valence-corrected chi connectivity index (χ0v) is 19.9. The van der Waals surface area contributed by atoms with Crippen molar-refractivity contribution in [3.8, 4) is 11.7 Å². The smallest absolute Gasteiger partial charge is 0.341 e. The van der Waals surface area contributed by atoms with Gasteiger partial charge in [0, 0.05) is 25.8 Å². The van der Waals surface area contributed by atoms with Crippen molar-refractivity contribution >= 4 is 17.1 Å². The van der Waals surface area contributed by atoms with Gasteiger partial charge in [-0.1, -0.05) is 12.1 Å². The molecule has 1 saturated heterocycles. The Morgan fingerprint density at radius 3 is 2.94 bits per heavy atom. The number of nitrogens with zero attached hydrogens (tertiary/aromatic N) is 6. The van der Waals surface area contributed by atoms with Gasteiger partial charge >= 0.3 is 5.97 Å². The summed E-state index contributed by atoms with van der Waals surface area (Å²) in [6, 6.07) is 7.81. The van der Waals surface area contributed by atoms with Gasteiger partial charge in [0.05, 0.1) is 44.5 Å². The molecular weight excluding hydrogens is 466 g/mol. The number of morpholine rings is 1. The summed E-state index contributed by atoms with van der Waals surface area (Å²) in [5.74, 6) is 0.453. The lowest BCUT2D eigenvalue weighted by atomic mass is 10.2. The summed E-state index contributed by atoms with van der Waals surface area (Å²) in [5, 5.41) is 4.14. The second-order valence-electron chi connectivity index (χ2n) is 8.28. The Balaban J connectivity index is 1.32. The molecule has 12 nitrogen and oxygen atoms in total. The van der Waals surface area contributed by atoms with E-state index in [1.807, 2.05) is 24.3 Å². The van der Waals surface area contributed by atoms with Gasteiger partial charge in [0.15, 0.2) is 11.2 Å². The minimum atomic E-state index is -0.496. The number of fused-ring (bicyclic) bond motifs is 1. The summed E-state index contributed by atoms with van der Waals surface area (Å²) in [6.07, 6.45) is 4.40. The van der Waals surface area contributed by atoms with Crippen molar-refractivity contribution in [1.29, 1.82) is 0 Å². The molecular formula is C24H27N7O5. The molecule has 36 heavy (non-hydrogen) atoms. The molecule has 1 aliphatic heterocycles. The lowest BCUT2D eigenvalue weighted by Gasteiger charge is -2.26. The predicted octanol–water partition coefficient (Wildman–Crippen LogP) is 1.24. The maximum absolute atomic E-state index is 12.6. The van der Waals surface area contributed by atoms with Gasteiger partial charge in [-0.2, -0.15) is 10.1 Å². The minimum absolute atomic E-state index is 0.171. The highest BCUT2D eigenvalue weighted by Gasteiger charge is 2.15. The molecule has 4 heterocycles. The lowest BCUT2D eigenvalue weighted by Crippen LogP contribution is -2.38. The maximum atomic E-state index is 12.6. The first-order chi connectivity index (χ1) is 17.6. The summed E-state index contributed by atoms with van der Waals surface area (Å²) in [7, 11) is 0. The van der Waals surface area contributed by atoms with Crippen molar-refractivity contribution in [2.24, 2.45) is 0 Å². The number of rotatable bonds is 9. The van der Waals surface area contributed by atoms with Gasteiger partial charge in [0.1, 0.15) is 12.4 Å². The van der Waals surface area contributed by atoms with Gasteiger partial charge in [-0.3, -0.25) is 14.7 Å². The molecule has 5 rings (SSSR count). The predicted molar refractivity (Wildman–Crippen MR) is 130 cm³/mol. The molecule has 1 N–H and O–H groups in total. The van der Waals surface area contributed by atoms with E-state index in [0.29, 0.717) is 18.8 Å². The van der Waals surface area contributed by atoms with Crippen LogP contribution in [0.5, 0.6) is 5.75 Å². The zero-order chi connectivity index (χ0) is 24.9. The Morgan fingerprint density at radius 1 is 1.25 bits per heavy atom. The number of hydrogen-bond acceptors (Lipinski definition) is 9. The molecule has 0 spiro atoms. The van der Waals surface area contributed by atoms with E-state index >= 15 is 0 Å². The number of aromatic amines is 1. The number of esters is 1. The molecule has 0 aliphatic carbocycles. The first kappa shape index (κ1) is 23.7. The van der Waals surface area contributed by atoms with E-state index in [9.17, 15) is 9.59 Å². The third kappa shape index (κ3) is 5.29. The average Bonchev–Trinajstić information content (AvgIpc) is 3.54. The molecule has 0 saturated carbocycles. The molecule has 0 bridgehead atoms. The summed E-state index contributed by atoms with van der Waals surface area (Å²) < 4.78 is 19.5. The molecule has 3 aromatic heterocycles. The van der Waals surface area contributed by atoms with E-state index in [1.54, 1.807) is 17.8 Å². The standard InChI is InChI=1S/C24H27N7O5/c1-2-35-23(33)18-13-26-31(15-18)24-27-21-20(22(32)28-24)25-16-30(21)14-17-4-3-5-19(12-17)36-11-8-29-6-9-34-10-7-29/h3-5,12-13,15-16H,2,6-11,14H2,1H3,(H,27,28,32). The van der Waals surface area contributed by atoms with Crippen molar-refractivity contribution in [1.82, 2.24) is 34.2 Å². The van der Waals surface area contributed by atoms with E-state index < -0.39 is 11.5 Å². The van der Waals surface area contributed by atoms with Crippen LogP contribution in [0.4, 0.5) is 0 Å². The van der Waals surface area contributed by atoms with Crippen molar-refractivity contribution < 1.29 is 19.0 Å². The van der Waals surface area contributed by atoms with Crippen LogP contribution in [-0.2, 0) is 16.0 Å². The fourth-order valence-electron chi connectivity index (χ4n) is 3.97. The van der Waals surface area contributed by atoms with E-state index in [-0.39, 0.29) is 23.6 Å². The number of imidazole rings is 1. The Hall–Kier alpha value is -4.03. The number of aromatic nitrogens is 6. The van der Waals surface area contributed by atoms with Crippen LogP contribution < -0.4 is 10.3 Å². The number of nitrogens with one attached hydrogen (secondary N) is 1. The summed E-state index contributed by atoms with van der Waals surface area (Å²) in [4.78, 5) is 38.4. The number of H-pyrrole nitrogens is 1. The Morgan fingerprint density at radius 2 is 2.11 bits per heavy atom. The van der Waals surface area contributed by atoms with Crippen LogP contribution >= 0.6 is 0 Å². The van der Waals surface area contributed by atoms with Gasteiger partial charge in [-0.25, -0.2) is 14.5 Å². The molecule has 0 atom stereocenters. The molecule has 1 fully saturated rings. The van der Waals surface area contributed by atoms with Gasteiger partial charge in [-0.05, 0) is 24.6 Å². The SMILES string of the molecule is CCOC(=O)c1cnn(-c2nc3c(ncn3Cc3cccc(OCCN4CCOCC4)c3)c(=O)[nH]2)c1. The number of hydrogen-bond donors (Lipinski definition) is 1. The van der Waals surface area contributed by atoms with E-state index in [1.165, 1.54) is 17.1 Å². The Labute approximate surface area is 206 Å². The molecule has 1 aromatic carbocycles. The average molecular weight is 494 g/mol. The van der Waals surface area contributed by atoms with Gasteiger partial charge < -0.3 is 18.8 Å². The van der Waals surface area contributed by atoms with Crippen LogP contribution in [0.3, 0.4) is 0 Å². The first-order valence-electron chi connectivity index (χ1n) is 11.8. The van der Waals surface area contributed by atoms with Crippen molar-refractivity contribution in [3.05, 3.63) is 64.5 Å². The summed E-state index contributed by atoms with van der Waals surface area (Å²) >= 11 is 0. The van der Waals surface area contributed by atoms with Gasteiger partial charge in [0.25, 0.3) is 5.56 Å². The fourth-order valence-corrected chi connectivity index (χ4v) is 3.97. The Bertz CT molecular complexity index is 1400. The first-order valence-corrected chi connectivity index (χ1v) is 11.8. The van der Waals surface area contributed by atoms with E-state index in [4.69, 9.17) is 14.2 Å². The van der Waals surface area contributed by atoms with Crippen LogP contribution in [0, 0.1) is 0 Å². The van der Waals surface area contributed by atoms with Crippen molar-refractivity contribution in [2.45, 2.75) is 13.5 Å². The fraction of sp³-hybridized carbons (Fsp3) is 0.375. The maximum Gasteiger partial charge on any atom is 0.341 e. The summed E-state index contributed by atoms with van der Waals surface area (Å²) in [5.41, 5.74) is 1.46. The van der Waals surface area contributed by atoms with Crippen LogP contribution in [0.1, 0.15) is 22.8 Å². The highest BCUT2D eigenvalue weighted by Crippen LogP contribution is 2.17. The molecule has 4 aromatic rings. The molecule has 0 amide bonds. The molecule has 12 heteroatoms. The van der Waals surface area contributed by atoms with E-state index in [0.717, 1.165) is 44.2 Å². The number of carbonyl (C=O) groups is 1. The van der Waals surface area contributed by atoms with Crippen LogP contribution in [0.15, 0.2) is 47.8 Å². The zero-order valence-electron chi connectivity index (χ0n) is 19.9. The van der Waals surface area contributed by atoms with Crippen LogP contribution in [0.25, 0.3) is 17.1 Å². The van der Waals surface area contributed by atoms with Crippen molar-refractivity contribution in [2.75, 3.05) is 46.1 Å². The molecule has 0 unspecified atom stereocenters. The van der Waals surface area contributed by atoms with Gasteiger partial charge in [-0.15, -0.1) is 0 Å². The third-order valence-corrected chi connectivity index (χ3v) is 5.80. The van der Waals surface area contributed by atoms with Crippen LogP contribution in [-0.4, -0.2) is 86.2 Å². The largest absolute Gasteiger partial charge is 0.492 e. The molecule has 0 radical (unpaired) electrons. The van der Waals surface area contributed by atoms with Crippen LogP contribution in [0.2, 0.25) is 0 Å². The minimum Gasteiger partial charge on any atom is -0.492 e. The number of ether oxygens (including phenoxy) is 3. The normalized spacial score (nSPS) is 14.2.